The van der Waals surface area contributed by atoms with E-state index in [9.17, 15) is 0 Å². The van der Waals surface area contributed by atoms with Crippen LogP contribution in [0.25, 0.3) is 0 Å². The van der Waals surface area contributed by atoms with Crippen molar-refractivity contribution in [2.24, 2.45) is 10.7 Å². The number of hydrogen-bond donors (Lipinski definition) is 1. The second-order valence-corrected chi connectivity index (χ2v) is 6.94. The number of aliphatic imine (C=N–C) groups is 1. The number of piperidine rings is 1. The summed E-state index contributed by atoms with van der Waals surface area (Å²) in [4.78, 5) is 10.9. The predicted octanol–water partition coefficient (Wildman–Crippen LogP) is 2.12. The Hall–Kier alpha value is -1.07. The molecule has 1 aromatic heterocycles. The van der Waals surface area contributed by atoms with Gasteiger partial charge < -0.3 is 15.5 Å². The summed E-state index contributed by atoms with van der Waals surface area (Å²) in [5, 5.41) is 2.13. The highest BCUT2D eigenvalue weighted by Gasteiger charge is 2.44. The average Bonchev–Trinajstić information content (AvgIpc) is 3.06. The van der Waals surface area contributed by atoms with Gasteiger partial charge in [-0.1, -0.05) is 13.0 Å². The van der Waals surface area contributed by atoms with Crippen LogP contribution in [0, 0.1) is 0 Å². The Balaban J connectivity index is 1.69. The molecule has 0 bridgehead atoms. The highest BCUT2D eigenvalue weighted by Crippen LogP contribution is 2.34. The topological polar surface area (TPSA) is 44.9 Å². The van der Waals surface area contributed by atoms with Crippen LogP contribution in [0.4, 0.5) is 0 Å². The third-order valence-corrected chi connectivity index (χ3v) is 5.47. The highest BCUT2D eigenvalue weighted by molar-refractivity contribution is 7.09. The number of hydrogen-bond acceptors (Lipinski definition) is 5. The van der Waals surface area contributed by atoms with Gasteiger partial charge in [-0.25, -0.2) is 0 Å². The number of rotatable bonds is 4. The molecule has 2 aliphatic heterocycles. The summed E-state index contributed by atoms with van der Waals surface area (Å²) in [6.45, 7) is 7.63. The Kier molecular flexibility index (Phi) is 3.98. The summed E-state index contributed by atoms with van der Waals surface area (Å²) in [6.07, 6.45) is 3.61. The molecular formula is C15H24N4S. The standard InChI is InChI=1S/C15H24N4S/c1-2-7-18-8-5-15(6-9-18)12-17-14(16)19(15)11-13-4-3-10-20-13/h3-4,10H,2,5-9,11-12H2,1H3,(H2,16,17). The Morgan fingerprint density at radius 1 is 1.40 bits per heavy atom. The van der Waals surface area contributed by atoms with Crippen molar-refractivity contribution in [1.82, 2.24) is 9.80 Å². The van der Waals surface area contributed by atoms with Gasteiger partial charge in [0.2, 0.25) is 0 Å². The molecule has 0 atom stereocenters. The largest absolute Gasteiger partial charge is 0.370 e. The highest BCUT2D eigenvalue weighted by atomic mass is 32.1. The van der Waals surface area contributed by atoms with E-state index in [1.54, 1.807) is 11.3 Å². The minimum atomic E-state index is 0.179. The van der Waals surface area contributed by atoms with Crippen molar-refractivity contribution < 1.29 is 0 Å². The normalized spacial score (nSPS) is 22.4. The molecule has 1 fully saturated rings. The SMILES string of the molecule is CCCN1CCC2(CC1)CN=C(N)N2Cc1cccs1. The number of guanidine groups is 1. The number of thiophene rings is 1. The van der Waals surface area contributed by atoms with E-state index in [0.717, 1.165) is 19.0 Å². The molecule has 5 heteroatoms. The van der Waals surface area contributed by atoms with Gasteiger partial charge in [-0.15, -0.1) is 11.3 Å². The molecule has 2 N–H and O–H groups in total. The van der Waals surface area contributed by atoms with Crippen molar-refractivity contribution in [3.8, 4) is 0 Å². The summed E-state index contributed by atoms with van der Waals surface area (Å²) in [7, 11) is 0. The zero-order chi connectivity index (χ0) is 14.0. The maximum absolute atomic E-state index is 6.16. The minimum absolute atomic E-state index is 0.179. The van der Waals surface area contributed by atoms with E-state index in [1.165, 1.54) is 43.8 Å². The van der Waals surface area contributed by atoms with Crippen molar-refractivity contribution in [1.29, 1.82) is 0 Å². The van der Waals surface area contributed by atoms with Gasteiger partial charge in [0.05, 0.1) is 18.6 Å². The van der Waals surface area contributed by atoms with Crippen LogP contribution in [0.2, 0.25) is 0 Å². The molecule has 0 aromatic carbocycles. The average molecular weight is 292 g/mol. The Bertz CT molecular complexity index is 460. The van der Waals surface area contributed by atoms with Crippen LogP contribution in [-0.2, 0) is 6.54 Å². The predicted molar refractivity (Wildman–Crippen MR) is 85.0 cm³/mol. The summed E-state index contributed by atoms with van der Waals surface area (Å²) < 4.78 is 0. The molecule has 0 radical (unpaired) electrons. The van der Waals surface area contributed by atoms with Gasteiger partial charge in [0.1, 0.15) is 0 Å². The quantitative estimate of drug-likeness (QED) is 0.924. The van der Waals surface area contributed by atoms with E-state index in [1.807, 2.05) is 0 Å². The van der Waals surface area contributed by atoms with E-state index in [0.29, 0.717) is 0 Å². The smallest absolute Gasteiger partial charge is 0.192 e. The van der Waals surface area contributed by atoms with Crippen LogP contribution in [0.3, 0.4) is 0 Å². The van der Waals surface area contributed by atoms with Crippen LogP contribution in [-0.4, -0.2) is 47.5 Å². The molecular weight excluding hydrogens is 268 g/mol. The molecule has 3 rings (SSSR count). The zero-order valence-electron chi connectivity index (χ0n) is 12.2. The lowest BCUT2D eigenvalue weighted by Crippen LogP contribution is -2.56. The van der Waals surface area contributed by atoms with Gasteiger partial charge >= 0.3 is 0 Å². The number of likely N-dealkylation sites (tertiary alicyclic amines) is 1. The number of nitrogens with zero attached hydrogens (tertiary/aromatic N) is 3. The molecule has 110 valence electrons. The summed E-state index contributed by atoms with van der Waals surface area (Å²) in [5.41, 5.74) is 6.34. The molecule has 0 unspecified atom stereocenters. The second kappa shape index (κ2) is 5.74. The summed E-state index contributed by atoms with van der Waals surface area (Å²) >= 11 is 1.81. The Labute approximate surface area is 125 Å². The Morgan fingerprint density at radius 3 is 2.85 bits per heavy atom. The molecule has 1 saturated heterocycles. The van der Waals surface area contributed by atoms with Gasteiger partial charge in [-0.05, 0) is 37.3 Å². The van der Waals surface area contributed by atoms with Gasteiger partial charge in [0, 0.05) is 18.0 Å². The van der Waals surface area contributed by atoms with Crippen LogP contribution < -0.4 is 5.73 Å². The molecule has 3 heterocycles. The summed E-state index contributed by atoms with van der Waals surface area (Å²) in [5.74, 6) is 0.738. The molecule has 0 amide bonds. The fraction of sp³-hybridized carbons (Fsp3) is 0.667. The first-order valence-corrected chi connectivity index (χ1v) is 8.44. The van der Waals surface area contributed by atoms with Crippen LogP contribution in [0.15, 0.2) is 22.5 Å². The molecule has 1 spiro atoms. The molecule has 0 saturated carbocycles. The van der Waals surface area contributed by atoms with Gasteiger partial charge in [0.15, 0.2) is 5.96 Å². The monoisotopic (exact) mass is 292 g/mol. The van der Waals surface area contributed by atoms with E-state index in [4.69, 9.17) is 5.73 Å². The molecule has 20 heavy (non-hydrogen) atoms. The van der Waals surface area contributed by atoms with Crippen molar-refractivity contribution in [2.45, 2.75) is 38.3 Å². The molecule has 1 aromatic rings. The van der Waals surface area contributed by atoms with E-state index < -0.39 is 0 Å². The molecule has 4 nitrogen and oxygen atoms in total. The lowest BCUT2D eigenvalue weighted by Gasteiger charge is -2.45. The lowest BCUT2D eigenvalue weighted by molar-refractivity contribution is 0.0823. The van der Waals surface area contributed by atoms with E-state index in [2.05, 4.69) is 39.2 Å². The van der Waals surface area contributed by atoms with E-state index >= 15 is 0 Å². The first kappa shape index (κ1) is 13.9. The fourth-order valence-electron chi connectivity index (χ4n) is 3.39. The first-order valence-electron chi connectivity index (χ1n) is 7.56. The lowest BCUT2D eigenvalue weighted by atomic mass is 9.86. The van der Waals surface area contributed by atoms with Crippen LogP contribution in [0.5, 0.6) is 0 Å². The first-order chi connectivity index (χ1) is 9.73. The van der Waals surface area contributed by atoms with Crippen molar-refractivity contribution >= 4 is 17.3 Å². The third-order valence-electron chi connectivity index (χ3n) is 4.61. The van der Waals surface area contributed by atoms with Crippen LogP contribution >= 0.6 is 11.3 Å². The van der Waals surface area contributed by atoms with Crippen molar-refractivity contribution in [2.75, 3.05) is 26.2 Å². The minimum Gasteiger partial charge on any atom is -0.370 e. The van der Waals surface area contributed by atoms with Gasteiger partial charge in [-0.2, -0.15) is 0 Å². The maximum Gasteiger partial charge on any atom is 0.192 e. The molecule has 0 aliphatic carbocycles. The summed E-state index contributed by atoms with van der Waals surface area (Å²) in [6, 6.07) is 4.30. The van der Waals surface area contributed by atoms with Crippen molar-refractivity contribution in [3.63, 3.8) is 0 Å². The fourth-order valence-corrected chi connectivity index (χ4v) is 4.08. The second-order valence-electron chi connectivity index (χ2n) is 5.91. The number of nitrogens with two attached hydrogens (primary N) is 1. The van der Waals surface area contributed by atoms with E-state index in [-0.39, 0.29) is 5.54 Å². The van der Waals surface area contributed by atoms with Gasteiger partial charge in [0.25, 0.3) is 0 Å². The van der Waals surface area contributed by atoms with Crippen molar-refractivity contribution in [3.05, 3.63) is 22.4 Å². The van der Waals surface area contributed by atoms with Crippen LogP contribution in [0.1, 0.15) is 31.1 Å². The third kappa shape index (κ3) is 2.56. The maximum atomic E-state index is 6.16. The molecule has 2 aliphatic rings. The van der Waals surface area contributed by atoms with Gasteiger partial charge in [-0.3, -0.25) is 4.99 Å². The Morgan fingerprint density at radius 2 is 2.20 bits per heavy atom. The zero-order valence-corrected chi connectivity index (χ0v) is 13.0.